The zero-order valence-corrected chi connectivity index (χ0v) is 21.7. The Morgan fingerprint density at radius 2 is 1.30 bits per heavy atom. The fourth-order valence-electron chi connectivity index (χ4n) is 4.39. The molecule has 0 radical (unpaired) electrons. The Morgan fingerprint density at radius 1 is 0.730 bits per heavy atom. The first kappa shape index (κ1) is 24.7. The van der Waals surface area contributed by atoms with E-state index in [0.717, 1.165) is 15.5 Å². The molecule has 1 heterocycles. The van der Waals surface area contributed by atoms with Gasteiger partial charge in [-0.25, -0.2) is 8.42 Å². The highest BCUT2D eigenvalue weighted by Gasteiger charge is 2.38. The normalized spacial score (nSPS) is 15.9. The summed E-state index contributed by atoms with van der Waals surface area (Å²) in [5, 5.41) is 4.60. The smallest absolute Gasteiger partial charge is 0.279 e. The number of nitrogens with zero attached hydrogens (tertiary/aromatic N) is 2. The number of para-hydroxylation sites is 1. The van der Waals surface area contributed by atoms with Crippen LogP contribution in [0.25, 0.3) is 0 Å². The van der Waals surface area contributed by atoms with Gasteiger partial charge in [0.1, 0.15) is 0 Å². The largest absolute Gasteiger partial charge is 0.279 e. The monoisotopic (exact) mass is 531 g/mol. The molecule has 0 aromatic heterocycles. The van der Waals surface area contributed by atoms with Crippen LogP contribution in [0.5, 0.6) is 0 Å². The van der Waals surface area contributed by atoms with E-state index < -0.39 is 26.1 Å². The van der Waals surface area contributed by atoms with Gasteiger partial charge in [0.15, 0.2) is 0 Å². The predicted octanol–water partition coefficient (Wildman–Crippen LogP) is 5.34. The Bertz CT molecular complexity index is 1670. The molecular formula is C28H25N3O4S2. The first-order valence-corrected chi connectivity index (χ1v) is 14.6. The molecule has 0 amide bonds. The van der Waals surface area contributed by atoms with E-state index in [1.54, 1.807) is 72.8 Å². The van der Waals surface area contributed by atoms with Crippen molar-refractivity contribution in [3.63, 3.8) is 0 Å². The maximum absolute atomic E-state index is 13.7. The van der Waals surface area contributed by atoms with Crippen LogP contribution in [0, 0.1) is 6.92 Å². The van der Waals surface area contributed by atoms with Gasteiger partial charge < -0.3 is 0 Å². The molecule has 1 aliphatic rings. The Morgan fingerprint density at radius 3 is 1.97 bits per heavy atom. The van der Waals surface area contributed by atoms with Crippen LogP contribution in [0.1, 0.15) is 29.2 Å². The molecule has 37 heavy (non-hydrogen) atoms. The molecule has 0 aliphatic carbocycles. The lowest BCUT2D eigenvalue weighted by Crippen LogP contribution is -2.27. The van der Waals surface area contributed by atoms with Crippen LogP contribution in [-0.4, -0.2) is 27.0 Å². The highest BCUT2D eigenvalue weighted by molar-refractivity contribution is 7.92. The van der Waals surface area contributed by atoms with Crippen LogP contribution in [0.15, 0.2) is 124 Å². The zero-order chi connectivity index (χ0) is 26.0. The van der Waals surface area contributed by atoms with E-state index in [-0.39, 0.29) is 16.2 Å². The summed E-state index contributed by atoms with van der Waals surface area (Å²) in [5.41, 5.74) is 3.09. The summed E-state index contributed by atoms with van der Waals surface area (Å²) in [6, 6.07) is 30.2. The second-order valence-electron chi connectivity index (χ2n) is 8.68. The second-order valence-corrected chi connectivity index (χ2v) is 12.2. The lowest BCUT2D eigenvalue weighted by molar-refractivity contribution is 0.370. The fraction of sp³-hybridized carbons (Fsp3) is 0.107. The van der Waals surface area contributed by atoms with E-state index in [9.17, 15) is 16.8 Å². The van der Waals surface area contributed by atoms with E-state index in [0.29, 0.717) is 17.0 Å². The predicted molar refractivity (Wildman–Crippen MR) is 144 cm³/mol. The SMILES string of the molecule is Cc1ccccc1[C@H]1CC(c2ccccc2NS(=O)(=O)c2ccccc2)=NN1S(=O)(=O)c1ccccc1. The van der Waals surface area contributed by atoms with Gasteiger partial charge in [-0.3, -0.25) is 4.72 Å². The van der Waals surface area contributed by atoms with Gasteiger partial charge in [0.05, 0.1) is 27.2 Å². The first-order chi connectivity index (χ1) is 17.8. The molecule has 9 heteroatoms. The minimum absolute atomic E-state index is 0.129. The molecule has 0 bridgehead atoms. The van der Waals surface area contributed by atoms with Crippen LogP contribution >= 0.6 is 0 Å². The van der Waals surface area contributed by atoms with E-state index >= 15 is 0 Å². The molecule has 4 aromatic rings. The maximum Gasteiger partial charge on any atom is 0.279 e. The van der Waals surface area contributed by atoms with E-state index in [2.05, 4.69) is 9.82 Å². The summed E-state index contributed by atoms with van der Waals surface area (Å²) in [4.78, 5) is 0.265. The van der Waals surface area contributed by atoms with Crippen molar-refractivity contribution in [2.45, 2.75) is 29.2 Å². The molecule has 4 aromatic carbocycles. The Kier molecular flexibility index (Phi) is 6.57. The fourth-order valence-corrected chi connectivity index (χ4v) is 6.94. The number of benzene rings is 4. The summed E-state index contributed by atoms with van der Waals surface area (Å²) in [7, 11) is -7.84. The van der Waals surface area contributed by atoms with Crippen LogP contribution < -0.4 is 4.72 Å². The van der Waals surface area contributed by atoms with Crippen molar-refractivity contribution in [3.05, 3.63) is 126 Å². The quantitative estimate of drug-likeness (QED) is 0.348. The summed E-state index contributed by atoms with van der Waals surface area (Å²) in [6.45, 7) is 1.93. The van der Waals surface area contributed by atoms with Crippen molar-refractivity contribution in [1.82, 2.24) is 4.41 Å². The molecule has 1 atom stereocenters. The van der Waals surface area contributed by atoms with Crippen LogP contribution in [0.2, 0.25) is 0 Å². The van der Waals surface area contributed by atoms with Gasteiger partial charge in [-0.15, -0.1) is 0 Å². The van der Waals surface area contributed by atoms with Crippen molar-refractivity contribution in [2.24, 2.45) is 5.10 Å². The molecule has 5 rings (SSSR count). The standard InChI is InChI=1S/C28H25N3O4S2/c1-21-12-8-9-17-24(21)28-20-27(29-31(28)37(34,35)23-15-6-3-7-16-23)25-18-10-11-19-26(25)30-36(32,33)22-13-4-2-5-14-22/h2-19,28,30H,20H2,1H3/t28-/m1/s1. The van der Waals surface area contributed by atoms with Gasteiger partial charge in [0, 0.05) is 12.0 Å². The molecule has 0 fully saturated rings. The van der Waals surface area contributed by atoms with Gasteiger partial charge >= 0.3 is 0 Å². The molecule has 188 valence electrons. The number of nitrogens with one attached hydrogen (secondary N) is 1. The number of rotatable bonds is 7. The van der Waals surface area contributed by atoms with Gasteiger partial charge in [0.2, 0.25) is 0 Å². The molecule has 0 saturated carbocycles. The number of hydrogen-bond acceptors (Lipinski definition) is 5. The van der Waals surface area contributed by atoms with Crippen molar-refractivity contribution < 1.29 is 16.8 Å². The molecule has 1 N–H and O–H groups in total. The van der Waals surface area contributed by atoms with Crippen LogP contribution in [0.3, 0.4) is 0 Å². The number of anilines is 1. The van der Waals surface area contributed by atoms with Gasteiger partial charge in [0.25, 0.3) is 20.0 Å². The summed E-state index contributed by atoms with van der Waals surface area (Å²) in [5.74, 6) is 0. The average molecular weight is 532 g/mol. The lowest BCUT2D eigenvalue weighted by atomic mass is 9.95. The molecule has 0 spiro atoms. The highest BCUT2D eigenvalue weighted by atomic mass is 32.2. The van der Waals surface area contributed by atoms with Crippen molar-refractivity contribution in [3.8, 4) is 0 Å². The highest BCUT2D eigenvalue weighted by Crippen LogP contribution is 2.39. The van der Waals surface area contributed by atoms with E-state index in [4.69, 9.17) is 0 Å². The minimum Gasteiger partial charge on any atom is -0.279 e. The average Bonchev–Trinajstić information content (AvgIpc) is 3.36. The van der Waals surface area contributed by atoms with Crippen molar-refractivity contribution >= 4 is 31.4 Å². The molecule has 0 unspecified atom stereocenters. The first-order valence-electron chi connectivity index (χ1n) is 11.7. The third kappa shape index (κ3) is 4.87. The summed E-state index contributed by atoms with van der Waals surface area (Å²) >= 11 is 0. The lowest BCUT2D eigenvalue weighted by Gasteiger charge is -2.24. The van der Waals surface area contributed by atoms with Crippen molar-refractivity contribution in [2.75, 3.05) is 4.72 Å². The topological polar surface area (TPSA) is 95.9 Å². The van der Waals surface area contributed by atoms with Crippen LogP contribution in [0.4, 0.5) is 5.69 Å². The third-order valence-electron chi connectivity index (χ3n) is 6.24. The molecule has 1 aliphatic heterocycles. The van der Waals surface area contributed by atoms with Crippen LogP contribution in [-0.2, 0) is 20.0 Å². The van der Waals surface area contributed by atoms with Gasteiger partial charge in [-0.05, 0) is 48.4 Å². The number of hydrogen-bond donors (Lipinski definition) is 1. The Hall–Kier alpha value is -3.95. The Balaban J connectivity index is 1.59. The number of aryl methyl sites for hydroxylation is 1. The molecule has 7 nitrogen and oxygen atoms in total. The second kappa shape index (κ2) is 9.84. The third-order valence-corrected chi connectivity index (χ3v) is 9.32. The van der Waals surface area contributed by atoms with E-state index in [1.165, 1.54) is 12.1 Å². The zero-order valence-electron chi connectivity index (χ0n) is 20.0. The molecular weight excluding hydrogens is 506 g/mol. The molecule has 0 saturated heterocycles. The van der Waals surface area contributed by atoms with Gasteiger partial charge in [-0.2, -0.15) is 17.9 Å². The number of sulfonamides is 2. The Labute approximate surface area is 217 Å². The summed E-state index contributed by atoms with van der Waals surface area (Å²) < 4.78 is 57.3. The van der Waals surface area contributed by atoms with Gasteiger partial charge in [-0.1, -0.05) is 78.9 Å². The summed E-state index contributed by atoms with van der Waals surface area (Å²) in [6.07, 6.45) is 0.279. The number of hydrazone groups is 1. The minimum atomic E-state index is -3.98. The van der Waals surface area contributed by atoms with Crippen molar-refractivity contribution in [1.29, 1.82) is 0 Å². The van der Waals surface area contributed by atoms with E-state index in [1.807, 2.05) is 31.2 Å². The maximum atomic E-state index is 13.7.